The highest BCUT2D eigenvalue weighted by Crippen LogP contribution is 1.97. The van der Waals surface area contributed by atoms with Crippen molar-refractivity contribution in [1.29, 1.82) is 0 Å². The predicted octanol–water partition coefficient (Wildman–Crippen LogP) is 1.65. The van der Waals surface area contributed by atoms with Crippen molar-refractivity contribution < 1.29 is 0 Å². The number of H-pyrrole nitrogens is 1. The molecule has 0 bridgehead atoms. The molecule has 0 spiro atoms. The molecule has 1 aromatic heterocycles. The fraction of sp³-hybridized carbons (Fsp3) is 0.700. The fourth-order valence-electron chi connectivity index (χ4n) is 1.24. The van der Waals surface area contributed by atoms with Crippen LogP contribution in [0, 0.1) is 6.92 Å². The second-order valence-electron chi connectivity index (χ2n) is 3.73. The van der Waals surface area contributed by atoms with Crippen molar-refractivity contribution >= 4 is 0 Å². The van der Waals surface area contributed by atoms with Crippen molar-refractivity contribution in [2.75, 3.05) is 6.54 Å². The fourth-order valence-corrected chi connectivity index (χ4v) is 1.24. The Morgan fingerprint density at radius 2 is 2.31 bits per heavy atom. The van der Waals surface area contributed by atoms with E-state index in [4.69, 9.17) is 0 Å². The average molecular weight is 181 g/mol. The Labute approximate surface area is 80.0 Å². The van der Waals surface area contributed by atoms with Gasteiger partial charge in [-0.1, -0.05) is 13.8 Å². The molecule has 3 heteroatoms. The summed E-state index contributed by atoms with van der Waals surface area (Å²) in [5, 5.41) is 3.38. The Hall–Kier alpha value is -0.830. The minimum Gasteiger partial charge on any atom is -0.346 e. The van der Waals surface area contributed by atoms with Crippen molar-refractivity contribution in [3.63, 3.8) is 0 Å². The van der Waals surface area contributed by atoms with E-state index in [1.807, 2.05) is 13.1 Å². The number of hydrogen-bond donors (Lipinski definition) is 2. The second kappa shape index (κ2) is 5.02. The average Bonchev–Trinajstić information content (AvgIpc) is 2.45. The lowest BCUT2D eigenvalue weighted by Gasteiger charge is -2.06. The van der Waals surface area contributed by atoms with Crippen LogP contribution in [0.25, 0.3) is 0 Å². The Bertz CT molecular complexity index is 240. The van der Waals surface area contributed by atoms with Crippen LogP contribution in [0.1, 0.15) is 31.8 Å². The highest BCUT2D eigenvalue weighted by atomic mass is 14.9. The van der Waals surface area contributed by atoms with Gasteiger partial charge in [-0.15, -0.1) is 0 Å². The zero-order valence-electron chi connectivity index (χ0n) is 8.72. The van der Waals surface area contributed by atoms with Gasteiger partial charge in [-0.3, -0.25) is 0 Å². The summed E-state index contributed by atoms with van der Waals surface area (Å²) in [7, 11) is 0. The van der Waals surface area contributed by atoms with Gasteiger partial charge in [0.05, 0.1) is 0 Å². The zero-order chi connectivity index (χ0) is 9.68. The SMILES string of the molecule is Cc1cnc(CCCNC(C)C)[nH]1. The van der Waals surface area contributed by atoms with E-state index in [0.29, 0.717) is 6.04 Å². The molecule has 2 N–H and O–H groups in total. The molecule has 0 unspecified atom stereocenters. The predicted molar refractivity (Wildman–Crippen MR) is 54.8 cm³/mol. The van der Waals surface area contributed by atoms with Crippen molar-refractivity contribution in [2.24, 2.45) is 0 Å². The quantitative estimate of drug-likeness (QED) is 0.678. The maximum Gasteiger partial charge on any atom is 0.106 e. The van der Waals surface area contributed by atoms with Gasteiger partial charge in [-0.05, 0) is 19.9 Å². The van der Waals surface area contributed by atoms with Gasteiger partial charge in [0.25, 0.3) is 0 Å². The molecule has 0 radical (unpaired) electrons. The number of hydrogen-bond acceptors (Lipinski definition) is 2. The summed E-state index contributed by atoms with van der Waals surface area (Å²) in [6.45, 7) is 7.42. The summed E-state index contributed by atoms with van der Waals surface area (Å²) in [6, 6.07) is 0.582. The van der Waals surface area contributed by atoms with Crippen LogP contribution in [0.5, 0.6) is 0 Å². The Morgan fingerprint density at radius 3 is 2.85 bits per heavy atom. The smallest absolute Gasteiger partial charge is 0.106 e. The van der Waals surface area contributed by atoms with Gasteiger partial charge in [0.15, 0.2) is 0 Å². The van der Waals surface area contributed by atoms with Crippen molar-refractivity contribution in [3.05, 3.63) is 17.7 Å². The second-order valence-corrected chi connectivity index (χ2v) is 3.73. The molecule has 0 aliphatic rings. The third-order valence-corrected chi connectivity index (χ3v) is 1.90. The lowest BCUT2D eigenvalue weighted by Crippen LogP contribution is -2.24. The first-order valence-electron chi connectivity index (χ1n) is 4.92. The Morgan fingerprint density at radius 1 is 1.54 bits per heavy atom. The van der Waals surface area contributed by atoms with Gasteiger partial charge in [-0.25, -0.2) is 4.98 Å². The number of nitrogens with zero attached hydrogens (tertiary/aromatic N) is 1. The van der Waals surface area contributed by atoms with Crippen LogP contribution in [0.4, 0.5) is 0 Å². The highest BCUT2D eigenvalue weighted by molar-refractivity contribution is 4.98. The summed E-state index contributed by atoms with van der Waals surface area (Å²) < 4.78 is 0. The molecule has 0 aliphatic heterocycles. The molecular formula is C10H19N3. The topological polar surface area (TPSA) is 40.7 Å². The molecule has 0 atom stereocenters. The first-order valence-corrected chi connectivity index (χ1v) is 4.92. The number of imidazole rings is 1. The number of rotatable bonds is 5. The third kappa shape index (κ3) is 4.08. The molecule has 3 nitrogen and oxygen atoms in total. The summed E-state index contributed by atoms with van der Waals surface area (Å²) in [5.41, 5.74) is 1.15. The van der Waals surface area contributed by atoms with Crippen LogP contribution in [0.2, 0.25) is 0 Å². The maximum absolute atomic E-state index is 4.25. The van der Waals surface area contributed by atoms with Gasteiger partial charge in [0.1, 0.15) is 5.82 Å². The van der Waals surface area contributed by atoms with Gasteiger partial charge in [0, 0.05) is 24.4 Å². The molecule has 0 amide bonds. The van der Waals surface area contributed by atoms with Crippen LogP contribution in [-0.4, -0.2) is 22.6 Å². The molecular weight excluding hydrogens is 162 g/mol. The summed E-state index contributed by atoms with van der Waals surface area (Å²) >= 11 is 0. The molecule has 0 saturated carbocycles. The van der Waals surface area contributed by atoms with E-state index >= 15 is 0 Å². The zero-order valence-corrected chi connectivity index (χ0v) is 8.72. The number of aromatic nitrogens is 2. The highest BCUT2D eigenvalue weighted by Gasteiger charge is 1.97. The van der Waals surface area contributed by atoms with Crippen LogP contribution in [-0.2, 0) is 6.42 Å². The Kier molecular flexibility index (Phi) is 3.96. The maximum atomic E-state index is 4.25. The van der Waals surface area contributed by atoms with Gasteiger partial charge >= 0.3 is 0 Å². The van der Waals surface area contributed by atoms with Crippen LogP contribution in [0.3, 0.4) is 0 Å². The van der Waals surface area contributed by atoms with E-state index in [1.165, 1.54) is 0 Å². The molecule has 74 valence electrons. The molecule has 0 aromatic carbocycles. The standard InChI is InChI=1S/C10H19N3/c1-8(2)11-6-4-5-10-12-7-9(3)13-10/h7-8,11H,4-6H2,1-3H3,(H,12,13). The van der Waals surface area contributed by atoms with Crippen molar-refractivity contribution in [2.45, 2.75) is 39.7 Å². The minimum atomic E-state index is 0.582. The molecule has 1 rings (SSSR count). The molecule has 0 saturated heterocycles. The van der Waals surface area contributed by atoms with Gasteiger partial charge in [-0.2, -0.15) is 0 Å². The number of aryl methyl sites for hydroxylation is 2. The summed E-state index contributed by atoms with van der Waals surface area (Å²) in [5.74, 6) is 1.10. The summed E-state index contributed by atoms with van der Waals surface area (Å²) in [4.78, 5) is 7.47. The molecule has 1 aromatic rings. The lowest BCUT2D eigenvalue weighted by atomic mass is 10.3. The molecule has 0 aliphatic carbocycles. The monoisotopic (exact) mass is 181 g/mol. The number of nitrogens with one attached hydrogen (secondary N) is 2. The first-order chi connectivity index (χ1) is 6.18. The van der Waals surface area contributed by atoms with Gasteiger partial charge < -0.3 is 10.3 Å². The van der Waals surface area contributed by atoms with Crippen LogP contribution in [0.15, 0.2) is 6.20 Å². The third-order valence-electron chi connectivity index (χ3n) is 1.90. The van der Waals surface area contributed by atoms with Crippen molar-refractivity contribution in [1.82, 2.24) is 15.3 Å². The van der Waals surface area contributed by atoms with Crippen LogP contribution < -0.4 is 5.32 Å². The largest absolute Gasteiger partial charge is 0.346 e. The van der Waals surface area contributed by atoms with E-state index < -0.39 is 0 Å². The van der Waals surface area contributed by atoms with E-state index in [9.17, 15) is 0 Å². The van der Waals surface area contributed by atoms with E-state index in [-0.39, 0.29) is 0 Å². The van der Waals surface area contributed by atoms with Gasteiger partial charge in [0.2, 0.25) is 0 Å². The molecule has 0 fully saturated rings. The lowest BCUT2D eigenvalue weighted by molar-refractivity contribution is 0.566. The Balaban J connectivity index is 2.13. The minimum absolute atomic E-state index is 0.582. The molecule has 13 heavy (non-hydrogen) atoms. The molecule has 1 heterocycles. The van der Waals surface area contributed by atoms with E-state index in [1.54, 1.807) is 0 Å². The first kappa shape index (κ1) is 10.3. The van der Waals surface area contributed by atoms with Crippen LogP contribution >= 0.6 is 0 Å². The van der Waals surface area contributed by atoms with E-state index in [0.717, 1.165) is 30.9 Å². The van der Waals surface area contributed by atoms with Crippen molar-refractivity contribution in [3.8, 4) is 0 Å². The number of aromatic amines is 1. The normalized spacial score (nSPS) is 11.1. The summed E-state index contributed by atoms with van der Waals surface area (Å²) in [6.07, 6.45) is 4.06. The van der Waals surface area contributed by atoms with E-state index in [2.05, 4.69) is 29.1 Å².